The third-order valence-electron chi connectivity index (χ3n) is 4.21. The van der Waals surface area contributed by atoms with Crippen molar-refractivity contribution >= 4 is 16.9 Å². The molecule has 0 aromatic carbocycles. The Bertz CT molecular complexity index is 570. The van der Waals surface area contributed by atoms with Gasteiger partial charge in [-0.15, -0.1) is 0 Å². The Balaban J connectivity index is 1.45. The van der Waals surface area contributed by atoms with Crippen LogP contribution in [0.4, 0.5) is 5.82 Å². The molecule has 6 nitrogen and oxygen atoms in total. The van der Waals surface area contributed by atoms with Crippen molar-refractivity contribution in [1.29, 1.82) is 0 Å². The number of aromatic nitrogens is 3. The normalized spacial score (nSPS) is 20.0. The summed E-state index contributed by atoms with van der Waals surface area (Å²) in [5, 5.41) is 13.8. The van der Waals surface area contributed by atoms with Crippen LogP contribution in [0.25, 0.3) is 11.0 Å². The van der Waals surface area contributed by atoms with Crippen LogP contribution in [0.5, 0.6) is 0 Å². The highest BCUT2D eigenvalue weighted by Gasteiger charge is 2.18. The van der Waals surface area contributed by atoms with E-state index in [4.69, 9.17) is 0 Å². The molecule has 0 spiro atoms. The maximum atomic E-state index is 9.26. The Hall–Kier alpha value is -1.66. The van der Waals surface area contributed by atoms with Gasteiger partial charge in [-0.05, 0) is 37.8 Å². The van der Waals surface area contributed by atoms with Crippen LogP contribution in [-0.4, -0.2) is 52.8 Å². The Morgan fingerprint density at radius 3 is 3.38 bits per heavy atom. The van der Waals surface area contributed by atoms with Crippen molar-refractivity contribution in [3.05, 3.63) is 18.6 Å². The van der Waals surface area contributed by atoms with Crippen LogP contribution >= 0.6 is 0 Å². The quantitative estimate of drug-likeness (QED) is 0.690. The Morgan fingerprint density at radius 2 is 2.48 bits per heavy atom. The molecule has 3 heterocycles. The first-order chi connectivity index (χ1) is 10.4. The fourth-order valence-electron chi connectivity index (χ4n) is 3.07. The molecule has 0 radical (unpaired) electrons. The summed E-state index contributed by atoms with van der Waals surface area (Å²) >= 11 is 0. The minimum atomic E-state index is 0.326. The third kappa shape index (κ3) is 3.51. The lowest BCUT2D eigenvalue weighted by Crippen LogP contribution is -2.37. The summed E-state index contributed by atoms with van der Waals surface area (Å²) in [5.74, 6) is 1.49. The molecule has 6 heteroatoms. The topological polar surface area (TPSA) is 78.3 Å². The first-order valence-corrected chi connectivity index (χ1v) is 7.77. The van der Waals surface area contributed by atoms with Gasteiger partial charge in [-0.1, -0.05) is 4.98 Å². The fourth-order valence-corrected chi connectivity index (χ4v) is 3.07. The van der Waals surface area contributed by atoms with Gasteiger partial charge in [0.05, 0.1) is 6.54 Å². The van der Waals surface area contributed by atoms with Crippen LogP contribution in [0, 0.1) is 5.92 Å². The monoisotopic (exact) mass is 290 g/mol. The summed E-state index contributed by atoms with van der Waals surface area (Å²) in [6.07, 6.45) is 7.08. The number of aromatic amines is 2. The molecule has 2 aromatic heterocycles. The largest absolute Gasteiger partial charge is 0.396 e. The van der Waals surface area contributed by atoms with Gasteiger partial charge >= 0.3 is 0 Å². The van der Waals surface area contributed by atoms with Gasteiger partial charge < -0.3 is 20.3 Å². The highest BCUT2D eigenvalue weighted by molar-refractivity contribution is 5.84. The standard InChI is InChI=1S/C15H23N5O/c21-10-12-3-1-7-20(9-12)8-2-5-16-14-13-4-6-17-15(13)19-11-18-14/h4,6,11-12,21H,1-3,5,7-10H2,(H2,16,17,18,19)/p+1/t12-/m1/s1. The second-order valence-corrected chi connectivity index (χ2v) is 5.79. The third-order valence-corrected chi connectivity index (χ3v) is 4.21. The average Bonchev–Trinajstić information content (AvgIpc) is 3.01. The number of hydrogen-bond acceptors (Lipinski definition) is 4. The molecular formula is C15H24N5O+. The molecule has 0 unspecified atom stereocenters. The molecular weight excluding hydrogens is 266 g/mol. The number of nitrogens with one attached hydrogen (secondary N) is 3. The first kappa shape index (κ1) is 14.3. The van der Waals surface area contributed by atoms with Crippen molar-refractivity contribution in [2.45, 2.75) is 19.3 Å². The molecule has 1 saturated heterocycles. The Labute approximate surface area is 124 Å². The zero-order valence-corrected chi connectivity index (χ0v) is 12.3. The molecule has 1 atom stereocenters. The molecule has 2 aromatic rings. The number of H-pyrrole nitrogens is 2. The number of aliphatic hydroxyl groups excluding tert-OH is 1. The predicted octanol–water partition coefficient (Wildman–Crippen LogP) is 0.883. The van der Waals surface area contributed by atoms with Crippen molar-refractivity contribution in [3.63, 3.8) is 0 Å². The van der Waals surface area contributed by atoms with Gasteiger partial charge in [0, 0.05) is 25.9 Å². The molecule has 0 bridgehead atoms. The van der Waals surface area contributed by atoms with Crippen LogP contribution in [-0.2, 0) is 0 Å². The zero-order valence-electron chi connectivity index (χ0n) is 12.3. The van der Waals surface area contributed by atoms with E-state index in [0.29, 0.717) is 12.5 Å². The summed E-state index contributed by atoms with van der Waals surface area (Å²) in [4.78, 5) is 13.0. The maximum absolute atomic E-state index is 9.26. The van der Waals surface area contributed by atoms with Gasteiger partial charge in [-0.3, -0.25) is 0 Å². The number of fused-ring (bicyclic) bond motifs is 1. The van der Waals surface area contributed by atoms with Crippen LogP contribution in [0.3, 0.4) is 0 Å². The lowest BCUT2D eigenvalue weighted by molar-refractivity contribution is -0.364. The van der Waals surface area contributed by atoms with Gasteiger partial charge in [0.1, 0.15) is 5.39 Å². The molecule has 4 N–H and O–H groups in total. The number of nitrogens with zero attached hydrogens (tertiary/aromatic N) is 2. The molecule has 114 valence electrons. The summed E-state index contributed by atoms with van der Waals surface area (Å²) in [7, 11) is 0. The van der Waals surface area contributed by atoms with Gasteiger partial charge in [0.25, 0.3) is 0 Å². The van der Waals surface area contributed by atoms with Gasteiger partial charge in [-0.25, -0.2) is 4.98 Å². The van der Waals surface area contributed by atoms with Gasteiger partial charge in [0.15, 0.2) is 0 Å². The van der Waals surface area contributed by atoms with Crippen molar-refractivity contribution in [2.75, 3.05) is 38.1 Å². The van der Waals surface area contributed by atoms with Gasteiger partial charge in [0.2, 0.25) is 17.8 Å². The maximum Gasteiger partial charge on any atom is 0.231 e. The molecule has 1 fully saturated rings. The average molecular weight is 290 g/mol. The van der Waals surface area contributed by atoms with Crippen LogP contribution in [0.1, 0.15) is 19.3 Å². The number of rotatable bonds is 6. The number of piperidine rings is 1. The first-order valence-electron chi connectivity index (χ1n) is 7.77. The van der Waals surface area contributed by atoms with E-state index < -0.39 is 0 Å². The molecule has 0 aliphatic carbocycles. The molecule has 3 rings (SSSR count). The molecule has 1 aliphatic heterocycles. The second-order valence-electron chi connectivity index (χ2n) is 5.79. The smallest absolute Gasteiger partial charge is 0.231 e. The highest BCUT2D eigenvalue weighted by atomic mass is 16.3. The van der Waals surface area contributed by atoms with E-state index in [2.05, 4.69) is 25.2 Å². The van der Waals surface area contributed by atoms with E-state index in [9.17, 15) is 5.11 Å². The molecule has 0 amide bonds. The highest BCUT2D eigenvalue weighted by Crippen LogP contribution is 2.16. The van der Waals surface area contributed by atoms with Crippen LogP contribution in [0.15, 0.2) is 18.6 Å². The summed E-state index contributed by atoms with van der Waals surface area (Å²) < 4.78 is 0. The number of likely N-dealkylation sites (tertiary alicyclic amines) is 1. The predicted molar refractivity (Wildman–Crippen MR) is 82.0 cm³/mol. The summed E-state index contributed by atoms with van der Waals surface area (Å²) in [6, 6.07) is 2.03. The summed E-state index contributed by atoms with van der Waals surface area (Å²) in [5.41, 5.74) is 0.901. The fraction of sp³-hybridized carbons (Fsp3) is 0.600. The lowest BCUT2D eigenvalue weighted by atomic mass is 9.99. The Morgan fingerprint density at radius 1 is 1.52 bits per heavy atom. The van der Waals surface area contributed by atoms with E-state index in [1.165, 1.54) is 19.4 Å². The minimum absolute atomic E-state index is 0.326. The van der Waals surface area contributed by atoms with E-state index in [1.54, 1.807) is 6.33 Å². The van der Waals surface area contributed by atoms with E-state index in [1.807, 2.05) is 12.3 Å². The minimum Gasteiger partial charge on any atom is -0.396 e. The number of anilines is 1. The number of hydrogen-bond donors (Lipinski definition) is 3. The number of aliphatic hydroxyl groups is 1. The zero-order chi connectivity index (χ0) is 14.5. The van der Waals surface area contributed by atoms with Crippen LogP contribution < -0.4 is 10.3 Å². The second kappa shape index (κ2) is 6.87. The molecule has 1 aliphatic rings. The van der Waals surface area contributed by atoms with Crippen molar-refractivity contribution in [3.8, 4) is 0 Å². The van der Waals surface area contributed by atoms with E-state index in [0.717, 1.165) is 42.9 Å². The Kier molecular flexibility index (Phi) is 4.67. The molecule has 0 saturated carbocycles. The SMILES string of the molecule is OC[C@@H]1CCCN(CCCNc2[nH+]cnc3[nH]ccc23)C1. The van der Waals surface area contributed by atoms with E-state index in [-0.39, 0.29) is 0 Å². The van der Waals surface area contributed by atoms with Crippen molar-refractivity contribution in [2.24, 2.45) is 5.92 Å². The lowest BCUT2D eigenvalue weighted by Gasteiger charge is -2.31. The van der Waals surface area contributed by atoms with E-state index >= 15 is 0 Å². The van der Waals surface area contributed by atoms with Crippen LogP contribution in [0.2, 0.25) is 0 Å². The van der Waals surface area contributed by atoms with Gasteiger partial charge in [-0.2, -0.15) is 0 Å². The van der Waals surface area contributed by atoms with Crippen molar-refractivity contribution < 1.29 is 10.1 Å². The summed E-state index contributed by atoms with van der Waals surface area (Å²) in [6.45, 7) is 4.55. The molecule has 21 heavy (non-hydrogen) atoms. The van der Waals surface area contributed by atoms with Crippen molar-refractivity contribution in [1.82, 2.24) is 14.9 Å².